The predicted octanol–water partition coefficient (Wildman–Crippen LogP) is 0.491. The van der Waals surface area contributed by atoms with Crippen molar-refractivity contribution in [1.82, 2.24) is 10.2 Å². The van der Waals surface area contributed by atoms with Crippen LogP contribution in [0.15, 0.2) is 0 Å². The summed E-state index contributed by atoms with van der Waals surface area (Å²) in [5.74, 6) is 0. The molecule has 0 spiro atoms. The zero-order valence-corrected chi connectivity index (χ0v) is 6.99. The molecular formula is C8H14N2O2. The lowest BCUT2D eigenvalue weighted by molar-refractivity contribution is 0.143. The van der Waals surface area contributed by atoms with E-state index >= 15 is 0 Å². The highest BCUT2D eigenvalue weighted by atomic mass is 16.4. The molecule has 2 bridgehead atoms. The summed E-state index contributed by atoms with van der Waals surface area (Å²) in [6.07, 6.45) is 2.55. The van der Waals surface area contributed by atoms with Crippen LogP contribution in [0.2, 0.25) is 0 Å². The molecule has 2 heterocycles. The van der Waals surface area contributed by atoms with Gasteiger partial charge in [0, 0.05) is 25.2 Å². The highest BCUT2D eigenvalue weighted by molar-refractivity contribution is 5.65. The first-order chi connectivity index (χ1) is 5.75. The molecule has 4 heteroatoms. The predicted molar refractivity (Wildman–Crippen MR) is 44.2 cm³/mol. The number of rotatable bonds is 0. The fraction of sp³-hybridized carbons (Fsp3) is 0.875. The van der Waals surface area contributed by atoms with Crippen LogP contribution < -0.4 is 5.32 Å². The summed E-state index contributed by atoms with van der Waals surface area (Å²) >= 11 is 0. The molecule has 2 fully saturated rings. The highest BCUT2D eigenvalue weighted by Gasteiger charge is 2.30. The minimum absolute atomic E-state index is 0.411. The number of carbonyl (C=O) groups is 1. The van der Waals surface area contributed by atoms with Crippen molar-refractivity contribution in [2.45, 2.75) is 31.3 Å². The second kappa shape index (κ2) is 2.94. The molecule has 1 amide bonds. The number of hydrogen-bond donors (Lipinski definition) is 2. The number of fused-ring (bicyclic) bond motifs is 2. The van der Waals surface area contributed by atoms with Crippen LogP contribution in [0.4, 0.5) is 4.79 Å². The SMILES string of the molecule is O=C(O)N1CCC2CCC(C1)N2. The fourth-order valence-corrected chi connectivity index (χ4v) is 2.12. The maximum atomic E-state index is 10.7. The first-order valence-electron chi connectivity index (χ1n) is 4.49. The van der Waals surface area contributed by atoms with Crippen LogP contribution >= 0.6 is 0 Å². The summed E-state index contributed by atoms with van der Waals surface area (Å²) in [6.45, 7) is 1.37. The van der Waals surface area contributed by atoms with Gasteiger partial charge in [-0.3, -0.25) is 0 Å². The van der Waals surface area contributed by atoms with Crippen LogP contribution in [0.5, 0.6) is 0 Å². The van der Waals surface area contributed by atoms with E-state index in [2.05, 4.69) is 5.32 Å². The first kappa shape index (κ1) is 7.86. The number of nitrogens with one attached hydrogen (secondary N) is 1. The zero-order chi connectivity index (χ0) is 8.55. The van der Waals surface area contributed by atoms with Crippen molar-refractivity contribution < 1.29 is 9.90 Å². The molecule has 12 heavy (non-hydrogen) atoms. The van der Waals surface area contributed by atoms with Gasteiger partial charge in [-0.1, -0.05) is 0 Å². The van der Waals surface area contributed by atoms with Gasteiger partial charge in [-0.2, -0.15) is 0 Å². The average Bonchev–Trinajstić information content (AvgIpc) is 2.29. The second-order valence-corrected chi connectivity index (χ2v) is 3.66. The van der Waals surface area contributed by atoms with Crippen LogP contribution in [-0.4, -0.2) is 41.3 Å². The summed E-state index contributed by atoms with van der Waals surface area (Å²) in [6, 6.07) is 0.980. The molecule has 2 saturated heterocycles. The van der Waals surface area contributed by atoms with Crippen LogP contribution in [0, 0.1) is 0 Å². The van der Waals surface area contributed by atoms with Crippen molar-refractivity contribution in [1.29, 1.82) is 0 Å². The standard InChI is InChI=1S/C8H14N2O2/c11-8(12)10-4-3-6-1-2-7(5-10)9-6/h6-7,9H,1-5H2,(H,11,12). The third kappa shape index (κ3) is 1.39. The maximum absolute atomic E-state index is 10.7. The number of nitrogens with zero attached hydrogens (tertiary/aromatic N) is 1. The molecule has 0 aromatic carbocycles. The van der Waals surface area contributed by atoms with E-state index in [9.17, 15) is 4.79 Å². The van der Waals surface area contributed by atoms with Gasteiger partial charge in [0.1, 0.15) is 0 Å². The molecule has 0 aliphatic carbocycles. The quantitative estimate of drug-likeness (QED) is 0.556. The molecule has 4 nitrogen and oxygen atoms in total. The molecular weight excluding hydrogens is 156 g/mol. The van der Waals surface area contributed by atoms with Gasteiger partial charge in [0.15, 0.2) is 0 Å². The second-order valence-electron chi connectivity index (χ2n) is 3.66. The number of hydrogen-bond acceptors (Lipinski definition) is 2. The number of carboxylic acid groups (broad SMARTS) is 1. The lowest BCUT2D eigenvalue weighted by Gasteiger charge is -2.20. The Morgan fingerprint density at radius 3 is 2.83 bits per heavy atom. The fourth-order valence-electron chi connectivity index (χ4n) is 2.12. The summed E-state index contributed by atoms with van der Waals surface area (Å²) < 4.78 is 0. The third-order valence-electron chi connectivity index (χ3n) is 2.79. The van der Waals surface area contributed by atoms with E-state index in [0.717, 1.165) is 12.8 Å². The van der Waals surface area contributed by atoms with Crippen LogP contribution in [-0.2, 0) is 0 Å². The van der Waals surface area contributed by atoms with E-state index in [1.165, 1.54) is 11.3 Å². The van der Waals surface area contributed by atoms with Gasteiger partial charge in [0.2, 0.25) is 0 Å². The van der Waals surface area contributed by atoms with E-state index in [4.69, 9.17) is 5.11 Å². The molecule has 68 valence electrons. The molecule has 0 saturated carbocycles. The van der Waals surface area contributed by atoms with Crippen molar-refractivity contribution in [3.8, 4) is 0 Å². The third-order valence-corrected chi connectivity index (χ3v) is 2.79. The van der Waals surface area contributed by atoms with Crippen molar-refractivity contribution in [3.05, 3.63) is 0 Å². The molecule has 0 aromatic rings. The molecule has 2 unspecified atom stereocenters. The Kier molecular flexibility index (Phi) is 1.92. The summed E-state index contributed by atoms with van der Waals surface area (Å²) in [4.78, 5) is 12.2. The van der Waals surface area contributed by atoms with E-state index in [1.807, 2.05) is 0 Å². The molecule has 2 aliphatic rings. The van der Waals surface area contributed by atoms with Crippen molar-refractivity contribution in [2.75, 3.05) is 13.1 Å². The zero-order valence-electron chi connectivity index (χ0n) is 6.99. The van der Waals surface area contributed by atoms with Crippen LogP contribution in [0.25, 0.3) is 0 Å². The first-order valence-corrected chi connectivity index (χ1v) is 4.49. The summed E-state index contributed by atoms with van der Waals surface area (Å²) in [5.41, 5.74) is 0. The Labute approximate surface area is 71.5 Å². The topological polar surface area (TPSA) is 52.6 Å². The minimum Gasteiger partial charge on any atom is -0.465 e. The van der Waals surface area contributed by atoms with Crippen LogP contribution in [0.3, 0.4) is 0 Å². The molecule has 2 aliphatic heterocycles. The van der Waals surface area contributed by atoms with Gasteiger partial charge >= 0.3 is 6.09 Å². The lowest BCUT2D eigenvalue weighted by atomic mass is 10.1. The van der Waals surface area contributed by atoms with Crippen molar-refractivity contribution >= 4 is 6.09 Å². The Morgan fingerprint density at radius 1 is 1.33 bits per heavy atom. The summed E-state index contributed by atoms with van der Waals surface area (Å²) in [5, 5.41) is 12.2. The van der Waals surface area contributed by atoms with E-state index in [1.54, 1.807) is 0 Å². The monoisotopic (exact) mass is 170 g/mol. The molecule has 2 atom stereocenters. The minimum atomic E-state index is -0.774. The molecule has 2 rings (SSSR count). The molecule has 0 radical (unpaired) electrons. The van der Waals surface area contributed by atoms with Crippen molar-refractivity contribution in [2.24, 2.45) is 0 Å². The van der Waals surface area contributed by atoms with E-state index in [0.29, 0.717) is 25.2 Å². The van der Waals surface area contributed by atoms with E-state index in [-0.39, 0.29) is 0 Å². The number of amides is 1. The lowest BCUT2D eigenvalue weighted by Crippen LogP contribution is -2.38. The Balaban J connectivity index is 2.00. The molecule has 0 aromatic heterocycles. The Morgan fingerprint density at radius 2 is 2.08 bits per heavy atom. The van der Waals surface area contributed by atoms with Gasteiger partial charge in [-0.15, -0.1) is 0 Å². The Bertz CT molecular complexity index is 195. The summed E-state index contributed by atoms with van der Waals surface area (Å²) in [7, 11) is 0. The van der Waals surface area contributed by atoms with Gasteiger partial charge in [0.05, 0.1) is 0 Å². The van der Waals surface area contributed by atoms with Gasteiger partial charge in [-0.25, -0.2) is 4.79 Å². The largest absolute Gasteiger partial charge is 0.465 e. The van der Waals surface area contributed by atoms with Gasteiger partial charge in [0.25, 0.3) is 0 Å². The van der Waals surface area contributed by atoms with E-state index < -0.39 is 6.09 Å². The van der Waals surface area contributed by atoms with Gasteiger partial charge < -0.3 is 15.3 Å². The normalized spacial score (nSPS) is 34.8. The smallest absolute Gasteiger partial charge is 0.407 e. The maximum Gasteiger partial charge on any atom is 0.407 e. The van der Waals surface area contributed by atoms with Crippen LogP contribution in [0.1, 0.15) is 19.3 Å². The number of likely N-dealkylation sites (tertiary alicyclic amines) is 1. The van der Waals surface area contributed by atoms with Crippen molar-refractivity contribution in [3.63, 3.8) is 0 Å². The Hall–Kier alpha value is -0.770. The average molecular weight is 170 g/mol. The van der Waals surface area contributed by atoms with Gasteiger partial charge in [-0.05, 0) is 19.3 Å². The highest BCUT2D eigenvalue weighted by Crippen LogP contribution is 2.20. The molecule has 2 N–H and O–H groups in total.